The van der Waals surface area contributed by atoms with E-state index in [4.69, 9.17) is 4.98 Å². The Hall–Kier alpha value is -1.07. The molecule has 3 heterocycles. The summed E-state index contributed by atoms with van der Waals surface area (Å²) in [5.74, 6) is 2.65. The molecule has 0 aromatic carbocycles. The van der Waals surface area contributed by atoms with E-state index in [1.54, 1.807) is 11.3 Å². The van der Waals surface area contributed by atoms with Crippen molar-refractivity contribution in [1.29, 1.82) is 0 Å². The van der Waals surface area contributed by atoms with E-state index in [1.165, 1.54) is 17.9 Å². The van der Waals surface area contributed by atoms with Gasteiger partial charge in [0.25, 0.3) is 0 Å². The van der Waals surface area contributed by atoms with Crippen LogP contribution in [0.3, 0.4) is 0 Å². The van der Waals surface area contributed by atoms with Crippen LogP contribution in [0.1, 0.15) is 32.9 Å². The second-order valence-electron chi connectivity index (χ2n) is 6.30. The summed E-state index contributed by atoms with van der Waals surface area (Å²) in [5, 5.41) is 5.68. The highest BCUT2D eigenvalue weighted by atomic mass is 32.1. The zero-order valence-electron chi connectivity index (χ0n) is 12.6. The van der Waals surface area contributed by atoms with Crippen molar-refractivity contribution in [3.8, 4) is 0 Å². The summed E-state index contributed by atoms with van der Waals surface area (Å²) in [5.41, 5.74) is 1.32. The maximum atomic E-state index is 4.85. The number of nitrogens with zero attached hydrogens (tertiary/aromatic N) is 3. The average molecular weight is 292 g/mol. The summed E-state index contributed by atoms with van der Waals surface area (Å²) in [6.45, 7) is 11.0. The van der Waals surface area contributed by atoms with Crippen LogP contribution in [0.5, 0.6) is 0 Å². The Bertz CT molecular complexity index is 571. The van der Waals surface area contributed by atoms with Crippen molar-refractivity contribution >= 4 is 22.1 Å². The highest BCUT2D eigenvalue weighted by molar-refractivity contribution is 7.15. The molecule has 5 heteroatoms. The van der Waals surface area contributed by atoms with Crippen LogP contribution in [0.15, 0.2) is 11.6 Å². The number of imidazole rings is 1. The second kappa shape index (κ2) is 5.74. The lowest BCUT2D eigenvalue weighted by molar-refractivity contribution is 0.547. The number of fused-ring (bicyclic) bond motifs is 1. The minimum absolute atomic E-state index is 0.677. The van der Waals surface area contributed by atoms with Crippen molar-refractivity contribution in [2.45, 2.75) is 33.7 Å². The van der Waals surface area contributed by atoms with E-state index in [1.807, 2.05) is 0 Å². The van der Waals surface area contributed by atoms with Crippen molar-refractivity contribution in [2.75, 3.05) is 24.5 Å². The Balaban J connectivity index is 1.84. The molecule has 110 valence electrons. The van der Waals surface area contributed by atoms with Gasteiger partial charge in [0.2, 0.25) is 0 Å². The molecule has 3 rings (SSSR count). The maximum absolute atomic E-state index is 4.85. The molecule has 1 atom stereocenters. The molecule has 0 aliphatic carbocycles. The minimum atomic E-state index is 0.677. The minimum Gasteiger partial charge on any atom is -0.355 e. The molecule has 2 aromatic rings. The fourth-order valence-electron chi connectivity index (χ4n) is 2.85. The van der Waals surface area contributed by atoms with Gasteiger partial charge >= 0.3 is 0 Å². The molecule has 1 aliphatic heterocycles. The standard InChI is InChI=1S/C15H24N4S/c1-11(2)8-16-9-13-14(18-5-4-12(3)10-18)17-15-19(13)6-7-20-15/h6-7,11-12,16H,4-5,8-10H2,1-3H3. The van der Waals surface area contributed by atoms with Gasteiger partial charge in [-0.05, 0) is 24.8 Å². The molecule has 1 N–H and O–H groups in total. The normalized spacial score (nSPS) is 19.6. The maximum Gasteiger partial charge on any atom is 0.195 e. The zero-order chi connectivity index (χ0) is 14.1. The first-order valence-electron chi connectivity index (χ1n) is 7.55. The van der Waals surface area contributed by atoms with E-state index < -0.39 is 0 Å². The highest BCUT2D eigenvalue weighted by Gasteiger charge is 2.24. The molecule has 1 saturated heterocycles. The predicted molar refractivity (Wildman–Crippen MR) is 85.6 cm³/mol. The van der Waals surface area contributed by atoms with E-state index in [2.05, 4.69) is 47.0 Å². The van der Waals surface area contributed by atoms with E-state index in [-0.39, 0.29) is 0 Å². The number of hydrogen-bond acceptors (Lipinski definition) is 4. The van der Waals surface area contributed by atoms with Gasteiger partial charge in [-0.3, -0.25) is 4.40 Å². The zero-order valence-corrected chi connectivity index (χ0v) is 13.4. The summed E-state index contributed by atoms with van der Waals surface area (Å²) in [6.07, 6.45) is 3.42. The predicted octanol–water partition coefficient (Wildman–Crippen LogP) is 2.99. The van der Waals surface area contributed by atoms with Gasteiger partial charge in [-0.15, -0.1) is 11.3 Å². The SMILES string of the molecule is CC(C)CNCc1c(N2CCC(C)C2)nc2sccn12. The number of thiazole rings is 1. The van der Waals surface area contributed by atoms with E-state index in [0.717, 1.165) is 37.1 Å². The third-order valence-corrected chi connectivity index (χ3v) is 4.66. The van der Waals surface area contributed by atoms with Crippen molar-refractivity contribution in [3.05, 3.63) is 17.3 Å². The molecule has 2 aromatic heterocycles. The third-order valence-electron chi connectivity index (χ3n) is 3.91. The molecule has 0 radical (unpaired) electrons. The molecule has 0 spiro atoms. The Morgan fingerprint density at radius 3 is 3.05 bits per heavy atom. The van der Waals surface area contributed by atoms with E-state index in [9.17, 15) is 0 Å². The fraction of sp³-hybridized carbons (Fsp3) is 0.667. The summed E-state index contributed by atoms with van der Waals surface area (Å²) >= 11 is 1.72. The van der Waals surface area contributed by atoms with Crippen LogP contribution in [0.4, 0.5) is 5.82 Å². The van der Waals surface area contributed by atoms with Gasteiger partial charge in [0, 0.05) is 31.2 Å². The number of nitrogens with one attached hydrogen (secondary N) is 1. The number of hydrogen-bond donors (Lipinski definition) is 1. The Labute approximate surface area is 124 Å². The van der Waals surface area contributed by atoms with Gasteiger partial charge in [-0.1, -0.05) is 20.8 Å². The van der Waals surface area contributed by atoms with Crippen LogP contribution in [0, 0.1) is 11.8 Å². The van der Waals surface area contributed by atoms with Gasteiger partial charge in [0.1, 0.15) is 0 Å². The number of rotatable bonds is 5. The Kier molecular flexibility index (Phi) is 3.98. The molecular weight excluding hydrogens is 268 g/mol. The van der Waals surface area contributed by atoms with Crippen LogP contribution in [-0.2, 0) is 6.54 Å². The smallest absolute Gasteiger partial charge is 0.195 e. The third kappa shape index (κ3) is 2.69. The van der Waals surface area contributed by atoms with Crippen LogP contribution < -0.4 is 10.2 Å². The lowest BCUT2D eigenvalue weighted by Gasteiger charge is -2.17. The first kappa shape index (κ1) is 13.9. The van der Waals surface area contributed by atoms with E-state index >= 15 is 0 Å². The fourth-order valence-corrected chi connectivity index (χ4v) is 3.57. The molecule has 1 unspecified atom stereocenters. The largest absolute Gasteiger partial charge is 0.355 e. The van der Waals surface area contributed by atoms with Crippen molar-refractivity contribution in [2.24, 2.45) is 11.8 Å². The lowest BCUT2D eigenvalue weighted by Crippen LogP contribution is -2.24. The highest BCUT2D eigenvalue weighted by Crippen LogP contribution is 2.29. The molecule has 0 bridgehead atoms. The van der Waals surface area contributed by atoms with Gasteiger partial charge in [-0.25, -0.2) is 4.98 Å². The van der Waals surface area contributed by atoms with Crippen molar-refractivity contribution in [1.82, 2.24) is 14.7 Å². The molecule has 1 fully saturated rings. The first-order valence-corrected chi connectivity index (χ1v) is 8.43. The molecule has 0 amide bonds. The quantitative estimate of drug-likeness (QED) is 0.919. The summed E-state index contributed by atoms with van der Waals surface area (Å²) < 4.78 is 2.25. The van der Waals surface area contributed by atoms with E-state index in [0.29, 0.717) is 5.92 Å². The molecular formula is C15H24N4S. The van der Waals surface area contributed by atoms with Crippen molar-refractivity contribution in [3.63, 3.8) is 0 Å². The van der Waals surface area contributed by atoms with Crippen molar-refractivity contribution < 1.29 is 0 Å². The van der Waals surface area contributed by atoms with Crippen LogP contribution in [0.2, 0.25) is 0 Å². The van der Waals surface area contributed by atoms with Gasteiger partial charge in [0.05, 0.1) is 5.69 Å². The Morgan fingerprint density at radius 1 is 1.50 bits per heavy atom. The van der Waals surface area contributed by atoms with Gasteiger partial charge in [-0.2, -0.15) is 0 Å². The lowest BCUT2D eigenvalue weighted by atomic mass is 10.2. The van der Waals surface area contributed by atoms with Crippen LogP contribution in [0.25, 0.3) is 4.96 Å². The molecule has 4 nitrogen and oxygen atoms in total. The second-order valence-corrected chi connectivity index (χ2v) is 7.18. The van der Waals surface area contributed by atoms with Gasteiger partial charge in [0.15, 0.2) is 10.8 Å². The molecule has 0 saturated carbocycles. The van der Waals surface area contributed by atoms with Gasteiger partial charge < -0.3 is 10.2 Å². The Morgan fingerprint density at radius 2 is 2.35 bits per heavy atom. The monoisotopic (exact) mass is 292 g/mol. The van der Waals surface area contributed by atoms with Crippen LogP contribution >= 0.6 is 11.3 Å². The molecule has 20 heavy (non-hydrogen) atoms. The summed E-state index contributed by atoms with van der Waals surface area (Å²) in [7, 11) is 0. The summed E-state index contributed by atoms with van der Waals surface area (Å²) in [6, 6.07) is 0. The molecule has 1 aliphatic rings. The van der Waals surface area contributed by atoms with Crippen LogP contribution in [-0.4, -0.2) is 29.0 Å². The topological polar surface area (TPSA) is 32.6 Å². The number of anilines is 1. The summed E-state index contributed by atoms with van der Waals surface area (Å²) in [4.78, 5) is 8.42. The first-order chi connectivity index (χ1) is 9.65. The number of aromatic nitrogens is 2. The average Bonchev–Trinajstić information content (AvgIpc) is 3.05.